The number of likely N-dealkylation sites (N-methyl/N-ethyl adjacent to an activating group) is 1. The molecule has 0 spiro atoms. The van der Waals surface area contributed by atoms with Gasteiger partial charge in [0.05, 0.1) is 17.4 Å². The third kappa shape index (κ3) is 5.95. The van der Waals surface area contributed by atoms with Gasteiger partial charge in [0.2, 0.25) is 11.8 Å². The number of halogens is 1. The first-order valence-electron chi connectivity index (χ1n) is 8.72. The van der Waals surface area contributed by atoms with Crippen molar-refractivity contribution in [3.63, 3.8) is 0 Å². The molecule has 1 N–H and O–H groups in total. The SMILES string of the molecule is CN(CC(=O)NC1CC1)CC(=O)N1CCN(Cc2ccc(Cl)s2)CC1. The number of thiophene rings is 1. The number of rotatable bonds is 7. The summed E-state index contributed by atoms with van der Waals surface area (Å²) in [7, 11) is 1.82. The molecule has 1 saturated heterocycles. The van der Waals surface area contributed by atoms with E-state index in [2.05, 4.69) is 16.3 Å². The summed E-state index contributed by atoms with van der Waals surface area (Å²) in [4.78, 5) is 31.5. The van der Waals surface area contributed by atoms with E-state index >= 15 is 0 Å². The van der Waals surface area contributed by atoms with Gasteiger partial charge in [0.15, 0.2) is 0 Å². The van der Waals surface area contributed by atoms with Crippen molar-refractivity contribution >= 4 is 34.8 Å². The standard InChI is InChI=1S/C17H25ClN4O2S/c1-20(11-16(23)19-13-2-3-13)12-17(24)22-8-6-21(7-9-22)10-14-4-5-15(18)25-14/h4-5,13H,2-3,6-12H2,1H3,(H,19,23). The Hall–Kier alpha value is -1.15. The first-order chi connectivity index (χ1) is 12.0. The molecule has 6 nitrogen and oxygen atoms in total. The highest BCUT2D eigenvalue weighted by atomic mass is 35.5. The van der Waals surface area contributed by atoms with Crippen molar-refractivity contribution in [1.82, 2.24) is 20.0 Å². The molecule has 2 heterocycles. The smallest absolute Gasteiger partial charge is 0.236 e. The molecular formula is C17H25ClN4O2S. The van der Waals surface area contributed by atoms with Crippen molar-refractivity contribution in [3.8, 4) is 0 Å². The van der Waals surface area contributed by atoms with E-state index < -0.39 is 0 Å². The number of amides is 2. The number of carbonyl (C=O) groups excluding carboxylic acids is 2. The Kier molecular flexibility index (Phi) is 6.33. The molecule has 3 rings (SSSR count). The van der Waals surface area contributed by atoms with Crippen LogP contribution in [0.3, 0.4) is 0 Å². The lowest BCUT2D eigenvalue weighted by Crippen LogP contribution is -2.51. The van der Waals surface area contributed by atoms with E-state index in [9.17, 15) is 9.59 Å². The molecule has 1 saturated carbocycles. The molecule has 1 aliphatic heterocycles. The number of hydrogen-bond donors (Lipinski definition) is 1. The molecule has 1 aromatic rings. The number of hydrogen-bond acceptors (Lipinski definition) is 5. The minimum Gasteiger partial charge on any atom is -0.352 e. The molecule has 8 heteroatoms. The van der Waals surface area contributed by atoms with Crippen molar-refractivity contribution < 1.29 is 9.59 Å². The third-order valence-corrected chi connectivity index (χ3v) is 5.71. The van der Waals surface area contributed by atoms with Crippen molar-refractivity contribution in [2.75, 3.05) is 46.3 Å². The van der Waals surface area contributed by atoms with E-state index in [1.165, 1.54) is 4.88 Å². The van der Waals surface area contributed by atoms with E-state index in [0.717, 1.165) is 49.9 Å². The lowest BCUT2D eigenvalue weighted by atomic mass is 10.3. The lowest BCUT2D eigenvalue weighted by Gasteiger charge is -2.35. The van der Waals surface area contributed by atoms with Crippen LogP contribution in [0.25, 0.3) is 0 Å². The van der Waals surface area contributed by atoms with Crippen LogP contribution in [0, 0.1) is 0 Å². The maximum Gasteiger partial charge on any atom is 0.236 e. The molecule has 0 radical (unpaired) electrons. The van der Waals surface area contributed by atoms with Gasteiger partial charge < -0.3 is 10.2 Å². The van der Waals surface area contributed by atoms with Crippen LogP contribution < -0.4 is 5.32 Å². The molecular weight excluding hydrogens is 360 g/mol. The fourth-order valence-corrected chi connectivity index (χ4v) is 4.08. The number of nitrogens with zero attached hydrogens (tertiary/aromatic N) is 3. The molecule has 0 aromatic carbocycles. The third-order valence-electron chi connectivity index (χ3n) is 4.49. The summed E-state index contributed by atoms with van der Waals surface area (Å²) in [5, 5.41) is 2.95. The van der Waals surface area contributed by atoms with Gasteiger partial charge in [-0.25, -0.2) is 0 Å². The molecule has 25 heavy (non-hydrogen) atoms. The zero-order chi connectivity index (χ0) is 17.8. The summed E-state index contributed by atoms with van der Waals surface area (Å²) < 4.78 is 0.817. The van der Waals surface area contributed by atoms with Gasteiger partial charge in [0.25, 0.3) is 0 Å². The Labute approximate surface area is 157 Å². The molecule has 0 bridgehead atoms. The molecule has 0 atom stereocenters. The van der Waals surface area contributed by atoms with E-state index in [1.807, 2.05) is 18.0 Å². The second-order valence-electron chi connectivity index (χ2n) is 6.88. The monoisotopic (exact) mass is 384 g/mol. The van der Waals surface area contributed by atoms with Crippen LogP contribution in [0.5, 0.6) is 0 Å². The predicted octanol–water partition coefficient (Wildman–Crippen LogP) is 1.26. The number of nitrogens with one attached hydrogen (secondary N) is 1. The molecule has 2 fully saturated rings. The maximum absolute atomic E-state index is 12.4. The van der Waals surface area contributed by atoms with Crippen LogP contribution in [0.2, 0.25) is 4.34 Å². The van der Waals surface area contributed by atoms with E-state index in [-0.39, 0.29) is 18.4 Å². The minimum atomic E-state index is 0.0113. The Morgan fingerprint density at radius 2 is 1.96 bits per heavy atom. The first kappa shape index (κ1) is 18.6. The minimum absolute atomic E-state index is 0.0113. The van der Waals surface area contributed by atoms with Gasteiger partial charge in [-0.1, -0.05) is 11.6 Å². The summed E-state index contributed by atoms with van der Waals surface area (Å²) in [5.74, 6) is 0.109. The average Bonchev–Trinajstić information content (AvgIpc) is 3.27. The van der Waals surface area contributed by atoms with Crippen molar-refractivity contribution in [1.29, 1.82) is 0 Å². The Morgan fingerprint density at radius 1 is 1.24 bits per heavy atom. The molecule has 2 amide bonds. The van der Waals surface area contributed by atoms with Crippen molar-refractivity contribution in [2.24, 2.45) is 0 Å². The topological polar surface area (TPSA) is 55.9 Å². The van der Waals surface area contributed by atoms with Crippen LogP contribution >= 0.6 is 22.9 Å². The normalized spacial score (nSPS) is 18.6. The van der Waals surface area contributed by atoms with E-state index in [0.29, 0.717) is 12.6 Å². The van der Waals surface area contributed by atoms with Gasteiger partial charge in [0.1, 0.15) is 0 Å². The highest BCUT2D eigenvalue weighted by Crippen LogP contribution is 2.23. The second-order valence-corrected chi connectivity index (χ2v) is 8.68. The number of piperazine rings is 1. The van der Waals surface area contributed by atoms with E-state index in [1.54, 1.807) is 16.2 Å². The van der Waals surface area contributed by atoms with Crippen LogP contribution in [0.15, 0.2) is 12.1 Å². The second kappa shape index (κ2) is 8.49. The highest BCUT2D eigenvalue weighted by Gasteiger charge is 2.25. The molecule has 1 aliphatic carbocycles. The van der Waals surface area contributed by atoms with Crippen molar-refractivity contribution in [2.45, 2.75) is 25.4 Å². The average molecular weight is 385 g/mol. The first-order valence-corrected chi connectivity index (χ1v) is 9.91. The molecule has 2 aliphatic rings. The van der Waals surface area contributed by atoms with Gasteiger partial charge >= 0.3 is 0 Å². The lowest BCUT2D eigenvalue weighted by molar-refractivity contribution is -0.134. The van der Waals surface area contributed by atoms with Gasteiger partial charge in [-0.2, -0.15) is 0 Å². The summed E-state index contributed by atoms with van der Waals surface area (Å²) in [6, 6.07) is 4.35. The Bertz CT molecular complexity index is 612. The summed E-state index contributed by atoms with van der Waals surface area (Å²) >= 11 is 7.58. The zero-order valence-corrected chi connectivity index (χ0v) is 16.1. The van der Waals surface area contributed by atoms with Crippen LogP contribution in [0.1, 0.15) is 17.7 Å². The van der Waals surface area contributed by atoms with Crippen molar-refractivity contribution in [3.05, 3.63) is 21.3 Å². The summed E-state index contributed by atoms with van der Waals surface area (Å²) in [6.07, 6.45) is 2.16. The van der Waals surface area contributed by atoms with Gasteiger partial charge in [-0.05, 0) is 32.0 Å². The maximum atomic E-state index is 12.4. The van der Waals surface area contributed by atoms with Gasteiger partial charge in [0, 0.05) is 43.6 Å². The van der Waals surface area contributed by atoms with Crippen LogP contribution in [-0.4, -0.2) is 78.9 Å². The highest BCUT2D eigenvalue weighted by molar-refractivity contribution is 7.16. The van der Waals surface area contributed by atoms with Crippen LogP contribution in [-0.2, 0) is 16.1 Å². The van der Waals surface area contributed by atoms with Gasteiger partial charge in [-0.15, -0.1) is 11.3 Å². The predicted molar refractivity (Wildman–Crippen MR) is 99.8 cm³/mol. The van der Waals surface area contributed by atoms with Crippen LogP contribution in [0.4, 0.5) is 0 Å². The quantitative estimate of drug-likeness (QED) is 0.768. The van der Waals surface area contributed by atoms with Gasteiger partial charge in [-0.3, -0.25) is 19.4 Å². The fraction of sp³-hybridized carbons (Fsp3) is 0.647. The largest absolute Gasteiger partial charge is 0.352 e. The zero-order valence-electron chi connectivity index (χ0n) is 14.5. The Balaban J connectivity index is 1.36. The summed E-state index contributed by atoms with van der Waals surface area (Å²) in [6.45, 7) is 4.67. The molecule has 1 aromatic heterocycles. The fourth-order valence-electron chi connectivity index (χ4n) is 2.95. The molecule has 138 valence electrons. The number of carbonyl (C=O) groups is 2. The molecule has 0 unspecified atom stereocenters. The summed E-state index contributed by atoms with van der Waals surface area (Å²) in [5.41, 5.74) is 0. The Morgan fingerprint density at radius 3 is 2.56 bits per heavy atom. The van der Waals surface area contributed by atoms with E-state index in [4.69, 9.17) is 11.6 Å².